The Morgan fingerprint density at radius 1 is 1.27 bits per heavy atom. The number of benzene rings is 1. The summed E-state index contributed by atoms with van der Waals surface area (Å²) in [6.45, 7) is 0. The Hall–Kier alpha value is -3.09. The van der Waals surface area contributed by atoms with Gasteiger partial charge in [-0.25, -0.2) is 13.8 Å². The molecule has 1 aromatic carbocycles. The number of nitrogens with two attached hydrogens (primary N) is 1. The summed E-state index contributed by atoms with van der Waals surface area (Å²) in [4.78, 5) is 20.6. The molecule has 1 atom stereocenters. The van der Waals surface area contributed by atoms with Crippen LogP contribution in [0, 0.1) is 11.6 Å². The molecule has 26 heavy (non-hydrogen) atoms. The molecule has 1 saturated carbocycles. The minimum Gasteiger partial charge on any atom is -0.404 e. The Balaban J connectivity index is 1.83. The van der Waals surface area contributed by atoms with E-state index in [0.717, 1.165) is 18.6 Å². The van der Waals surface area contributed by atoms with Crippen LogP contribution in [0.5, 0.6) is 0 Å². The van der Waals surface area contributed by atoms with Gasteiger partial charge in [0.1, 0.15) is 5.82 Å². The molecule has 0 radical (unpaired) electrons. The smallest absolute Gasteiger partial charge is 0.251 e. The van der Waals surface area contributed by atoms with Crippen LogP contribution < -0.4 is 11.1 Å². The van der Waals surface area contributed by atoms with Gasteiger partial charge in [0.05, 0.1) is 11.7 Å². The number of halogens is 2. The van der Waals surface area contributed by atoms with E-state index in [1.54, 1.807) is 24.5 Å². The van der Waals surface area contributed by atoms with Crippen LogP contribution in [0.3, 0.4) is 0 Å². The minimum atomic E-state index is -0.739. The van der Waals surface area contributed by atoms with Crippen LogP contribution in [0.1, 0.15) is 29.6 Å². The zero-order valence-electron chi connectivity index (χ0n) is 14.0. The lowest BCUT2D eigenvalue weighted by Gasteiger charge is -2.27. The second-order valence-electron chi connectivity index (χ2n) is 5.93. The van der Waals surface area contributed by atoms with Crippen LogP contribution in [-0.2, 0) is 0 Å². The molecule has 3 N–H and O–H groups in total. The lowest BCUT2D eigenvalue weighted by molar-refractivity contribution is 0.0941. The second-order valence-corrected chi connectivity index (χ2v) is 5.93. The summed E-state index contributed by atoms with van der Waals surface area (Å²) in [5, 5.41) is 2.93. The molecule has 1 aromatic heterocycles. The summed E-state index contributed by atoms with van der Waals surface area (Å²) in [5.41, 5.74) is 7.52. The van der Waals surface area contributed by atoms with E-state index in [2.05, 4.69) is 15.3 Å². The van der Waals surface area contributed by atoms with Gasteiger partial charge in [-0.1, -0.05) is 0 Å². The molecular formula is C19H18F2N4O. The van der Waals surface area contributed by atoms with Crippen molar-refractivity contribution in [1.29, 1.82) is 0 Å². The van der Waals surface area contributed by atoms with Gasteiger partial charge >= 0.3 is 0 Å². The quantitative estimate of drug-likeness (QED) is 0.886. The highest BCUT2D eigenvalue weighted by atomic mass is 19.1. The fourth-order valence-electron chi connectivity index (χ4n) is 2.92. The maximum Gasteiger partial charge on any atom is 0.251 e. The third-order valence-electron chi connectivity index (χ3n) is 4.21. The van der Waals surface area contributed by atoms with Gasteiger partial charge in [-0.05, 0) is 43.5 Å². The summed E-state index contributed by atoms with van der Waals surface area (Å²) >= 11 is 0. The van der Waals surface area contributed by atoms with E-state index in [9.17, 15) is 13.6 Å². The summed E-state index contributed by atoms with van der Waals surface area (Å²) in [6.07, 6.45) is 6.53. The van der Waals surface area contributed by atoms with Gasteiger partial charge in [-0.15, -0.1) is 0 Å². The highest BCUT2D eigenvalue weighted by Gasteiger charge is 2.26. The number of rotatable bonds is 3. The highest BCUT2D eigenvalue weighted by molar-refractivity contribution is 6.04. The Kier molecular flexibility index (Phi) is 5.36. The number of pyridine rings is 1. The molecule has 5 nitrogen and oxygen atoms in total. The number of amides is 1. The van der Waals surface area contributed by atoms with Crippen LogP contribution in [-0.4, -0.2) is 22.6 Å². The third-order valence-corrected chi connectivity index (χ3v) is 4.21. The number of aromatic nitrogens is 1. The molecule has 1 fully saturated rings. The first-order valence-corrected chi connectivity index (χ1v) is 8.24. The fraction of sp³-hybridized carbons (Fsp3) is 0.211. The number of hydrogen-bond acceptors (Lipinski definition) is 4. The van der Waals surface area contributed by atoms with Crippen molar-refractivity contribution in [3.63, 3.8) is 0 Å². The largest absolute Gasteiger partial charge is 0.404 e. The van der Waals surface area contributed by atoms with Gasteiger partial charge in [0.15, 0.2) is 5.82 Å². The van der Waals surface area contributed by atoms with Gasteiger partial charge in [-0.3, -0.25) is 9.78 Å². The molecule has 0 spiro atoms. The standard InChI is InChI=1S/C19H18F2N4O/c20-13-4-5-18(15(21)10-13)24-16-2-1-3-17(14(16)11-22)25-19(26)12-6-8-23-9-7-12/h4-11,17H,1-3,22H2,(H,25,26)/b14-11+,24-16?. The number of hydrogen-bond donors (Lipinski definition) is 2. The average molecular weight is 356 g/mol. The fourth-order valence-corrected chi connectivity index (χ4v) is 2.92. The van der Waals surface area contributed by atoms with Crippen molar-refractivity contribution in [3.8, 4) is 0 Å². The Morgan fingerprint density at radius 3 is 2.73 bits per heavy atom. The Labute approximate surface area is 149 Å². The van der Waals surface area contributed by atoms with Crippen molar-refractivity contribution in [2.24, 2.45) is 10.7 Å². The molecule has 1 amide bonds. The van der Waals surface area contributed by atoms with Gasteiger partial charge in [0.25, 0.3) is 5.91 Å². The maximum atomic E-state index is 13.9. The Bertz CT molecular complexity index is 865. The van der Waals surface area contributed by atoms with E-state index < -0.39 is 11.6 Å². The zero-order chi connectivity index (χ0) is 18.5. The van der Waals surface area contributed by atoms with Crippen LogP contribution in [0.15, 0.2) is 59.5 Å². The first-order valence-electron chi connectivity index (χ1n) is 8.24. The van der Waals surface area contributed by atoms with Crippen molar-refractivity contribution in [2.75, 3.05) is 0 Å². The lowest BCUT2D eigenvalue weighted by Crippen LogP contribution is -2.41. The average Bonchev–Trinajstić information content (AvgIpc) is 2.65. The van der Waals surface area contributed by atoms with E-state index in [0.29, 0.717) is 29.7 Å². The molecule has 1 aliphatic rings. The summed E-state index contributed by atoms with van der Waals surface area (Å²) in [6, 6.07) is 6.14. The molecular weight excluding hydrogens is 338 g/mol. The number of carbonyl (C=O) groups is 1. The normalized spacial score (nSPS) is 20.3. The predicted molar refractivity (Wildman–Crippen MR) is 95.1 cm³/mol. The lowest BCUT2D eigenvalue weighted by atomic mass is 9.88. The first-order chi connectivity index (χ1) is 12.6. The van der Waals surface area contributed by atoms with Crippen molar-refractivity contribution in [2.45, 2.75) is 25.3 Å². The number of nitrogens with zero attached hydrogens (tertiary/aromatic N) is 2. The Morgan fingerprint density at radius 2 is 2.04 bits per heavy atom. The number of nitrogens with one attached hydrogen (secondary N) is 1. The van der Waals surface area contributed by atoms with Crippen molar-refractivity contribution in [1.82, 2.24) is 10.3 Å². The second kappa shape index (κ2) is 7.86. The van der Waals surface area contributed by atoms with Crippen LogP contribution in [0.2, 0.25) is 0 Å². The third kappa shape index (κ3) is 3.93. The molecule has 1 unspecified atom stereocenters. The van der Waals surface area contributed by atoms with Gasteiger partial charge in [0.2, 0.25) is 0 Å². The maximum absolute atomic E-state index is 13.9. The zero-order valence-corrected chi connectivity index (χ0v) is 14.0. The van der Waals surface area contributed by atoms with E-state index in [4.69, 9.17) is 5.73 Å². The van der Waals surface area contributed by atoms with Crippen molar-refractivity contribution < 1.29 is 13.6 Å². The number of carbonyl (C=O) groups excluding carboxylic acids is 1. The van der Waals surface area contributed by atoms with E-state index in [1.165, 1.54) is 12.3 Å². The van der Waals surface area contributed by atoms with Gasteiger partial charge < -0.3 is 11.1 Å². The molecule has 3 rings (SSSR count). The molecule has 1 aliphatic carbocycles. The van der Waals surface area contributed by atoms with Crippen molar-refractivity contribution >= 4 is 17.3 Å². The molecule has 7 heteroatoms. The molecule has 1 heterocycles. The van der Waals surface area contributed by atoms with Crippen LogP contribution in [0.25, 0.3) is 0 Å². The summed E-state index contributed by atoms with van der Waals surface area (Å²) in [5.74, 6) is -1.64. The summed E-state index contributed by atoms with van der Waals surface area (Å²) < 4.78 is 27.0. The minimum absolute atomic E-state index is 0.0434. The predicted octanol–water partition coefficient (Wildman–Crippen LogP) is 3.26. The molecule has 2 aromatic rings. The van der Waals surface area contributed by atoms with Crippen LogP contribution in [0.4, 0.5) is 14.5 Å². The number of aliphatic imine (C=N–C) groups is 1. The topological polar surface area (TPSA) is 80.4 Å². The van der Waals surface area contributed by atoms with Gasteiger partial charge in [0, 0.05) is 41.5 Å². The highest BCUT2D eigenvalue weighted by Crippen LogP contribution is 2.26. The molecule has 134 valence electrons. The van der Waals surface area contributed by atoms with E-state index in [-0.39, 0.29) is 17.6 Å². The van der Waals surface area contributed by atoms with Crippen molar-refractivity contribution in [3.05, 3.63) is 71.7 Å². The molecule has 0 bridgehead atoms. The van der Waals surface area contributed by atoms with Gasteiger partial charge in [-0.2, -0.15) is 0 Å². The van der Waals surface area contributed by atoms with E-state index >= 15 is 0 Å². The molecule has 0 aliphatic heterocycles. The molecule has 0 saturated heterocycles. The monoisotopic (exact) mass is 356 g/mol. The SMILES string of the molecule is N/C=C1\C(=Nc2ccc(F)cc2F)CCCC1NC(=O)c1ccncc1. The summed E-state index contributed by atoms with van der Waals surface area (Å²) in [7, 11) is 0. The van der Waals surface area contributed by atoms with E-state index in [1.807, 2.05) is 0 Å². The van der Waals surface area contributed by atoms with Crippen LogP contribution >= 0.6 is 0 Å². The first kappa shape index (κ1) is 17.7.